The monoisotopic (exact) mass is 499 g/mol. The van der Waals surface area contributed by atoms with E-state index < -0.39 is 0 Å². The number of nitrogens with zero attached hydrogens (tertiary/aromatic N) is 2. The molecule has 1 saturated heterocycles. The normalized spacial score (nSPS) is 14.1. The Morgan fingerprint density at radius 2 is 1.89 bits per heavy atom. The molecule has 0 atom stereocenters. The number of para-hydroxylation sites is 1. The number of phenols is 1. The Hall–Kier alpha value is -4.13. The van der Waals surface area contributed by atoms with Crippen LogP contribution < -0.4 is 10.1 Å². The van der Waals surface area contributed by atoms with Crippen LogP contribution in [-0.4, -0.2) is 46.5 Å². The number of aryl methyl sites for hydroxylation is 1. The summed E-state index contributed by atoms with van der Waals surface area (Å²) in [6.07, 6.45) is 4.71. The molecule has 0 saturated carbocycles. The SMILES string of the molecule is CCOc1ccccc1CNC(=O)c1ccc(C)nc1C1CCN(C(=O)/C=C/c2cccc(O)c2)CC1. The molecule has 1 fully saturated rings. The van der Waals surface area contributed by atoms with Crippen LogP contribution >= 0.6 is 0 Å². The van der Waals surface area contributed by atoms with Gasteiger partial charge in [-0.2, -0.15) is 0 Å². The second kappa shape index (κ2) is 12.2. The molecule has 2 aromatic carbocycles. The summed E-state index contributed by atoms with van der Waals surface area (Å²) in [6, 6.07) is 18.2. The van der Waals surface area contributed by atoms with E-state index in [9.17, 15) is 14.7 Å². The number of rotatable bonds is 8. The summed E-state index contributed by atoms with van der Waals surface area (Å²) < 4.78 is 5.67. The van der Waals surface area contributed by atoms with Gasteiger partial charge in [-0.05, 0) is 68.7 Å². The summed E-state index contributed by atoms with van der Waals surface area (Å²) in [7, 11) is 0. The molecule has 0 spiro atoms. The highest BCUT2D eigenvalue weighted by atomic mass is 16.5. The van der Waals surface area contributed by atoms with Crippen molar-refractivity contribution in [3.8, 4) is 11.5 Å². The second-order valence-electron chi connectivity index (χ2n) is 9.14. The number of carbonyl (C=O) groups is 2. The molecule has 0 radical (unpaired) electrons. The maximum absolute atomic E-state index is 13.2. The highest BCUT2D eigenvalue weighted by Crippen LogP contribution is 2.30. The minimum atomic E-state index is -0.165. The number of amides is 2. The number of hydrogen-bond donors (Lipinski definition) is 2. The summed E-state index contributed by atoms with van der Waals surface area (Å²) >= 11 is 0. The Labute approximate surface area is 217 Å². The number of ether oxygens (including phenoxy) is 1. The van der Waals surface area contributed by atoms with Gasteiger partial charge in [0.1, 0.15) is 11.5 Å². The minimum Gasteiger partial charge on any atom is -0.508 e. The Morgan fingerprint density at radius 1 is 1.11 bits per heavy atom. The van der Waals surface area contributed by atoms with Gasteiger partial charge in [-0.3, -0.25) is 14.6 Å². The molecule has 1 aromatic heterocycles. The van der Waals surface area contributed by atoms with E-state index in [0.717, 1.165) is 41.1 Å². The number of benzene rings is 2. The molecule has 1 aliphatic rings. The van der Waals surface area contributed by atoms with Crippen LogP contribution in [0.15, 0.2) is 66.7 Å². The lowest BCUT2D eigenvalue weighted by molar-refractivity contribution is -0.127. The van der Waals surface area contributed by atoms with Crippen molar-refractivity contribution >= 4 is 17.9 Å². The van der Waals surface area contributed by atoms with Crippen molar-refractivity contribution in [2.24, 2.45) is 0 Å². The predicted octanol–water partition coefficient (Wildman–Crippen LogP) is 4.84. The highest BCUT2D eigenvalue weighted by molar-refractivity contribution is 5.95. The lowest BCUT2D eigenvalue weighted by Crippen LogP contribution is -2.37. The molecule has 0 aliphatic carbocycles. The maximum Gasteiger partial charge on any atom is 0.253 e. The van der Waals surface area contributed by atoms with Gasteiger partial charge < -0.3 is 20.1 Å². The van der Waals surface area contributed by atoms with Crippen molar-refractivity contribution in [1.82, 2.24) is 15.2 Å². The summed E-state index contributed by atoms with van der Waals surface area (Å²) in [5.41, 5.74) is 3.92. The van der Waals surface area contributed by atoms with Crippen LogP contribution in [0.4, 0.5) is 0 Å². The molecule has 37 heavy (non-hydrogen) atoms. The zero-order valence-electron chi connectivity index (χ0n) is 21.3. The van der Waals surface area contributed by atoms with Crippen molar-refractivity contribution < 1.29 is 19.4 Å². The largest absolute Gasteiger partial charge is 0.508 e. The zero-order chi connectivity index (χ0) is 26.2. The number of piperidine rings is 1. The molecule has 192 valence electrons. The summed E-state index contributed by atoms with van der Waals surface area (Å²) in [5.74, 6) is 0.795. The van der Waals surface area contributed by atoms with Crippen LogP contribution in [-0.2, 0) is 11.3 Å². The predicted molar refractivity (Wildman–Crippen MR) is 143 cm³/mol. The van der Waals surface area contributed by atoms with E-state index in [1.165, 1.54) is 0 Å². The van der Waals surface area contributed by atoms with E-state index >= 15 is 0 Å². The third kappa shape index (κ3) is 6.76. The molecule has 7 nitrogen and oxygen atoms in total. The van der Waals surface area contributed by atoms with Gasteiger partial charge >= 0.3 is 0 Å². The molecule has 2 heterocycles. The molecule has 3 aromatic rings. The van der Waals surface area contributed by atoms with Crippen LogP contribution in [0.5, 0.6) is 11.5 Å². The van der Waals surface area contributed by atoms with E-state index in [1.807, 2.05) is 61.2 Å². The van der Waals surface area contributed by atoms with Gasteiger partial charge in [-0.25, -0.2) is 0 Å². The molecule has 0 unspecified atom stereocenters. The summed E-state index contributed by atoms with van der Waals surface area (Å²) in [5, 5.41) is 12.6. The Morgan fingerprint density at radius 3 is 2.65 bits per heavy atom. The number of aromatic hydroxyl groups is 1. The number of nitrogens with one attached hydrogen (secondary N) is 1. The van der Waals surface area contributed by atoms with Crippen molar-refractivity contribution in [3.05, 3.63) is 94.8 Å². The van der Waals surface area contributed by atoms with Gasteiger partial charge in [0.2, 0.25) is 5.91 Å². The zero-order valence-corrected chi connectivity index (χ0v) is 21.3. The van der Waals surface area contributed by atoms with Crippen molar-refractivity contribution in [2.75, 3.05) is 19.7 Å². The van der Waals surface area contributed by atoms with Gasteiger partial charge in [0.15, 0.2) is 0 Å². The average molecular weight is 500 g/mol. The highest BCUT2D eigenvalue weighted by Gasteiger charge is 2.27. The van der Waals surface area contributed by atoms with Crippen molar-refractivity contribution in [2.45, 2.75) is 39.2 Å². The van der Waals surface area contributed by atoms with Gasteiger partial charge in [-0.15, -0.1) is 0 Å². The van der Waals surface area contributed by atoms with Crippen molar-refractivity contribution in [1.29, 1.82) is 0 Å². The first-order valence-electron chi connectivity index (χ1n) is 12.7. The lowest BCUT2D eigenvalue weighted by atomic mass is 9.89. The molecule has 4 rings (SSSR count). The van der Waals surface area contributed by atoms with Gasteiger partial charge in [0.05, 0.1) is 17.9 Å². The van der Waals surface area contributed by atoms with Crippen LogP contribution in [0.2, 0.25) is 0 Å². The third-order valence-corrected chi connectivity index (χ3v) is 6.50. The van der Waals surface area contributed by atoms with Crippen LogP contribution in [0.1, 0.15) is 58.6 Å². The molecule has 7 heteroatoms. The second-order valence-corrected chi connectivity index (χ2v) is 9.14. The Kier molecular flexibility index (Phi) is 8.56. The third-order valence-electron chi connectivity index (χ3n) is 6.50. The topological polar surface area (TPSA) is 91.8 Å². The Bertz CT molecular complexity index is 1280. The molecule has 2 amide bonds. The van der Waals surface area contributed by atoms with E-state index in [2.05, 4.69) is 5.32 Å². The number of hydrogen-bond acceptors (Lipinski definition) is 5. The van der Waals surface area contributed by atoms with E-state index in [-0.39, 0.29) is 23.5 Å². The first-order valence-corrected chi connectivity index (χ1v) is 12.7. The number of carbonyl (C=O) groups excluding carboxylic acids is 2. The first-order chi connectivity index (χ1) is 17.9. The van der Waals surface area contributed by atoms with E-state index in [0.29, 0.717) is 31.8 Å². The summed E-state index contributed by atoms with van der Waals surface area (Å²) in [6.45, 7) is 5.96. The summed E-state index contributed by atoms with van der Waals surface area (Å²) in [4.78, 5) is 32.5. The number of likely N-dealkylation sites (tertiary alicyclic amines) is 1. The molecule has 1 aliphatic heterocycles. The van der Waals surface area contributed by atoms with Gasteiger partial charge in [0.25, 0.3) is 5.91 Å². The fraction of sp³-hybridized carbons (Fsp3) is 0.300. The van der Waals surface area contributed by atoms with Gasteiger partial charge in [-0.1, -0.05) is 30.3 Å². The smallest absolute Gasteiger partial charge is 0.253 e. The van der Waals surface area contributed by atoms with Crippen LogP contribution in [0.25, 0.3) is 6.08 Å². The number of phenolic OH excluding ortho intramolecular Hbond substituents is 1. The van der Waals surface area contributed by atoms with Gasteiger partial charge in [0, 0.05) is 42.9 Å². The average Bonchev–Trinajstić information content (AvgIpc) is 2.91. The fourth-order valence-corrected chi connectivity index (χ4v) is 4.57. The molecular weight excluding hydrogens is 466 g/mol. The lowest BCUT2D eigenvalue weighted by Gasteiger charge is -2.32. The first kappa shape index (κ1) is 25.9. The van der Waals surface area contributed by atoms with Crippen LogP contribution in [0, 0.1) is 6.92 Å². The standard InChI is InChI=1S/C30H33N3O4/c1-3-37-27-10-5-4-8-24(27)20-31-30(36)26-13-11-21(2)32-29(26)23-15-17-33(18-16-23)28(35)14-12-22-7-6-9-25(34)19-22/h4-14,19,23,34H,3,15-18,20H2,1-2H3,(H,31,36)/b14-12+. The maximum atomic E-state index is 13.2. The Balaban J connectivity index is 1.40. The van der Waals surface area contributed by atoms with E-state index in [1.54, 1.807) is 30.4 Å². The quantitative estimate of drug-likeness (QED) is 0.433. The van der Waals surface area contributed by atoms with Crippen LogP contribution in [0.3, 0.4) is 0 Å². The molecular formula is C30H33N3O4. The molecule has 0 bridgehead atoms. The number of pyridine rings is 1. The minimum absolute atomic E-state index is 0.0649. The number of aromatic nitrogens is 1. The van der Waals surface area contributed by atoms with Crippen molar-refractivity contribution in [3.63, 3.8) is 0 Å². The fourth-order valence-electron chi connectivity index (χ4n) is 4.57. The van der Waals surface area contributed by atoms with E-state index in [4.69, 9.17) is 9.72 Å². The molecule has 2 N–H and O–H groups in total.